The number of benzene rings is 2. The van der Waals surface area contributed by atoms with E-state index in [9.17, 15) is 29.2 Å². The van der Waals surface area contributed by atoms with Crippen LogP contribution < -0.4 is 15.0 Å². The first-order valence-electron chi connectivity index (χ1n) is 22.1. The summed E-state index contributed by atoms with van der Waals surface area (Å²) in [5.41, 5.74) is 3.19. The number of nitrogens with zero attached hydrogens (tertiary/aromatic N) is 6. The molecule has 6 aliphatic rings. The summed E-state index contributed by atoms with van der Waals surface area (Å²) in [6.07, 6.45) is 3.88. The van der Waals surface area contributed by atoms with Gasteiger partial charge >= 0.3 is 0 Å². The van der Waals surface area contributed by atoms with Crippen LogP contribution in [0.15, 0.2) is 48.5 Å². The molecular formula is C49H52ClN7O6. The van der Waals surface area contributed by atoms with Gasteiger partial charge in [-0.3, -0.25) is 39.1 Å². The average molecular weight is 870 g/mol. The van der Waals surface area contributed by atoms with Crippen LogP contribution >= 0.6 is 11.6 Å². The van der Waals surface area contributed by atoms with Crippen molar-refractivity contribution in [3.8, 4) is 23.7 Å². The number of amides is 5. The monoisotopic (exact) mass is 869 g/mol. The third kappa shape index (κ3) is 7.33. The molecule has 0 radical (unpaired) electrons. The minimum absolute atomic E-state index is 0.0267. The van der Waals surface area contributed by atoms with Gasteiger partial charge in [-0.15, -0.1) is 0 Å². The summed E-state index contributed by atoms with van der Waals surface area (Å²) in [4.78, 5) is 77.5. The fourth-order valence-corrected chi connectivity index (χ4v) is 12.1. The summed E-state index contributed by atoms with van der Waals surface area (Å²) in [6, 6.07) is 15.6. The number of carbonyl (C=O) groups excluding carboxylic acids is 5. The van der Waals surface area contributed by atoms with Crippen LogP contribution in [-0.2, 0) is 16.1 Å². The highest BCUT2D eigenvalue weighted by Gasteiger charge is 2.67. The Balaban J connectivity index is 0.788. The summed E-state index contributed by atoms with van der Waals surface area (Å²) < 4.78 is 6.48. The third-order valence-electron chi connectivity index (χ3n) is 14.4. The molecule has 14 heteroatoms. The molecule has 13 nitrogen and oxygen atoms in total. The molecule has 2 aromatic carbocycles. The third-order valence-corrected chi connectivity index (χ3v) is 14.7. The minimum Gasteiger partial charge on any atom is -0.489 e. The quantitative estimate of drug-likeness (QED) is 0.184. The van der Waals surface area contributed by atoms with Crippen molar-refractivity contribution in [3.05, 3.63) is 87.2 Å². The molecule has 3 saturated heterocycles. The smallest absolute Gasteiger partial charge is 0.262 e. The van der Waals surface area contributed by atoms with E-state index in [2.05, 4.69) is 67.6 Å². The van der Waals surface area contributed by atoms with Crippen LogP contribution in [0.4, 0.5) is 5.69 Å². The first kappa shape index (κ1) is 42.5. The largest absolute Gasteiger partial charge is 0.489 e. The molecule has 1 aliphatic carbocycles. The number of aromatic nitrogens is 1. The minimum atomic E-state index is -0.980. The van der Waals surface area contributed by atoms with Crippen LogP contribution in [0, 0.1) is 45.8 Å². The lowest BCUT2D eigenvalue weighted by Gasteiger charge is -2.65. The van der Waals surface area contributed by atoms with E-state index >= 15 is 0 Å². The molecule has 1 aromatic heterocycles. The first-order chi connectivity index (χ1) is 30.1. The topological polar surface area (TPSA) is 156 Å². The fourth-order valence-electron chi connectivity index (χ4n) is 11.9. The number of carbonyl (C=O) groups is 5. The van der Waals surface area contributed by atoms with E-state index in [1.54, 1.807) is 30.3 Å². The van der Waals surface area contributed by atoms with Gasteiger partial charge in [0.05, 0.1) is 39.5 Å². The molecule has 5 aliphatic heterocycles. The van der Waals surface area contributed by atoms with Crippen molar-refractivity contribution in [1.82, 2.24) is 25.0 Å². The van der Waals surface area contributed by atoms with Crippen molar-refractivity contribution in [1.29, 1.82) is 5.26 Å². The Kier molecular flexibility index (Phi) is 10.9. The van der Waals surface area contributed by atoms with E-state index in [1.165, 1.54) is 0 Å². The number of likely N-dealkylation sites (tertiary alicyclic amines) is 1. The predicted octanol–water partition coefficient (Wildman–Crippen LogP) is 6.21. The maximum Gasteiger partial charge on any atom is 0.262 e. The highest BCUT2D eigenvalue weighted by atomic mass is 35.5. The number of hydrogen-bond acceptors (Lipinski definition) is 10. The van der Waals surface area contributed by atoms with Crippen molar-refractivity contribution in [3.63, 3.8) is 0 Å². The van der Waals surface area contributed by atoms with E-state index in [0.717, 1.165) is 68.1 Å². The van der Waals surface area contributed by atoms with Gasteiger partial charge in [-0.25, -0.2) is 4.98 Å². The fraction of sp³-hybridized carbons (Fsp3) is 0.490. The molecule has 4 unspecified atom stereocenters. The number of pyridine rings is 1. The molecule has 1 saturated carbocycles. The second-order valence-corrected chi connectivity index (χ2v) is 19.7. The second kappa shape index (κ2) is 16.1. The van der Waals surface area contributed by atoms with E-state index < -0.39 is 29.7 Å². The van der Waals surface area contributed by atoms with Gasteiger partial charge in [0.15, 0.2) is 0 Å². The van der Waals surface area contributed by atoms with Gasteiger partial charge in [0, 0.05) is 73.7 Å². The Morgan fingerprint density at radius 2 is 1.60 bits per heavy atom. The number of nitriles is 1. The molecule has 326 valence electrons. The Hall–Kier alpha value is -5.76. The number of halogens is 1. The Morgan fingerprint density at radius 1 is 0.889 bits per heavy atom. The van der Waals surface area contributed by atoms with Crippen molar-refractivity contribution in [2.75, 3.05) is 31.1 Å². The zero-order valence-electron chi connectivity index (χ0n) is 36.4. The summed E-state index contributed by atoms with van der Waals surface area (Å²) in [5, 5.41) is 11.9. The highest BCUT2D eigenvalue weighted by molar-refractivity contribution is 6.31. The van der Waals surface area contributed by atoms with E-state index in [0.29, 0.717) is 63.1 Å². The summed E-state index contributed by atoms with van der Waals surface area (Å²) in [6.45, 7) is 14.8. The van der Waals surface area contributed by atoms with Crippen LogP contribution in [0.25, 0.3) is 0 Å². The van der Waals surface area contributed by atoms with Gasteiger partial charge in [0.1, 0.15) is 29.7 Å². The standard InChI is InChI=1S/C49H52ClN7O6/c1-6-9-32(54-23-29-25-55(26-30(29)24-54)33-14-17-35-37(20-33)45(62)57(44(35)61)40-18-19-41(58)53-42(40)59)11-8-7-10-31-13-16-36-39(52-31)27-56(43(36)60)46-48(2,3)47(49(46,4)5)63-34-15-12-28(22-51)38(50)21-34/h12-17,20-21,29-30,32,40,46-47H,6,8-9,11,18-19,23-27H2,1-5H3,(H,53,58,59)/t29?,30?,32?,40?,46-,47-. The maximum atomic E-state index is 13.8. The van der Waals surface area contributed by atoms with Crippen LogP contribution in [0.5, 0.6) is 5.75 Å². The summed E-state index contributed by atoms with van der Waals surface area (Å²) >= 11 is 6.30. The van der Waals surface area contributed by atoms with E-state index in [4.69, 9.17) is 21.3 Å². The number of rotatable bonds is 10. The van der Waals surface area contributed by atoms with E-state index in [1.807, 2.05) is 23.1 Å². The molecule has 4 fully saturated rings. The Bertz CT molecular complexity index is 2530. The number of anilines is 1. The molecule has 6 heterocycles. The average Bonchev–Trinajstić information content (AvgIpc) is 3.98. The lowest BCUT2D eigenvalue weighted by Crippen LogP contribution is -2.74. The lowest BCUT2D eigenvalue weighted by molar-refractivity contribution is -0.199. The summed E-state index contributed by atoms with van der Waals surface area (Å²) in [5.74, 6) is 6.24. The van der Waals surface area contributed by atoms with Gasteiger partial charge < -0.3 is 14.5 Å². The SMILES string of the molecule is CCCC(CCC#Cc1ccc2c(n1)CN([C@H]1C(C)(C)[C@H](Oc3ccc(C#N)c(Cl)c3)C1(C)C)C2=O)N1CC2CN(c3ccc4c(c3)C(=O)N(C3CCC(=O)NC3=O)C4=O)CC2C1. The molecule has 5 amide bonds. The summed E-state index contributed by atoms with van der Waals surface area (Å²) in [7, 11) is 0. The number of piperidine rings is 1. The number of hydrogen-bond donors (Lipinski definition) is 1. The number of ether oxygens (including phenoxy) is 1. The van der Waals surface area contributed by atoms with Gasteiger partial charge in [-0.2, -0.15) is 5.26 Å². The molecule has 3 aromatic rings. The molecule has 63 heavy (non-hydrogen) atoms. The lowest BCUT2D eigenvalue weighted by atomic mass is 9.49. The van der Waals surface area contributed by atoms with E-state index in [-0.39, 0.29) is 41.7 Å². The zero-order valence-corrected chi connectivity index (χ0v) is 37.1. The van der Waals surface area contributed by atoms with Crippen LogP contribution in [0.1, 0.15) is 121 Å². The van der Waals surface area contributed by atoms with Crippen LogP contribution in [-0.4, -0.2) is 99.6 Å². The number of imide groups is 2. The van der Waals surface area contributed by atoms with Crippen molar-refractivity contribution in [2.45, 2.75) is 104 Å². The normalized spacial score (nSPS) is 26.1. The van der Waals surface area contributed by atoms with Gasteiger partial charge in [-0.1, -0.05) is 58.6 Å². The zero-order chi connectivity index (χ0) is 44.5. The second-order valence-electron chi connectivity index (χ2n) is 19.3. The van der Waals surface area contributed by atoms with Crippen LogP contribution in [0.3, 0.4) is 0 Å². The van der Waals surface area contributed by atoms with Crippen molar-refractivity contribution in [2.24, 2.45) is 22.7 Å². The molecule has 9 rings (SSSR count). The van der Waals surface area contributed by atoms with Crippen molar-refractivity contribution >= 4 is 46.8 Å². The highest BCUT2D eigenvalue weighted by Crippen LogP contribution is 2.59. The molecule has 4 atom stereocenters. The Labute approximate surface area is 373 Å². The Morgan fingerprint density at radius 3 is 2.29 bits per heavy atom. The molecule has 0 bridgehead atoms. The first-order valence-corrected chi connectivity index (χ1v) is 22.5. The van der Waals surface area contributed by atoms with Crippen LogP contribution in [0.2, 0.25) is 5.02 Å². The number of fused-ring (bicyclic) bond motifs is 3. The molecule has 0 spiro atoms. The van der Waals surface area contributed by atoms with Crippen molar-refractivity contribution < 1.29 is 28.7 Å². The van der Waals surface area contributed by atoms with Gasteiger partial charge in [0.25, 0.3) is 17.7 Å². The molecule has 1 N–H and O–H groups in total. The predicted molar refractivity (Wildman–Crippen MR) is 235 cm³/mol. The maximum absolute atomic E-state index is 13.8. The van der Waals surface area contributed by atoms with Gasteiger partial charge in [0.2, 0.25) is 11.8 Å². The van der Waals surface area contributed by atoms with Gasteiger partial charge in [-0.05, 0) is 79.5 Å². The molecular weight excluding hydrogens is 818 g/mol. The number of nitrogens with one attached hydrogen (secondary N) is 1.